The second kappa shape index (κ2) is 5.22. The number of halogens is 2. The third-order valence-corrected chi connectivity index (χ3v) is 3.65. The summed E-state index contributed by atoms with van der Waals surface area (Å²) >= 11 is 5.78. The van der Waals surface area contributed by atoms with E-state index in [1.165, 1.54) is 6.07 Å². The van der Waals surface area contributed by atoms with Gasteiger partial charge in [-0.25, -0.2) is 9.18 Å². The van der Waals surface area contributed by atoms with Gasteiger partial charge in [-0.05, 0) is 29.8 Å². The van der Waals surface area contributed by atoms with E-state index in [1.807, 2.05) is 22.9 Å². The lowest BCUT2D eigenvalue weighted by atomic mass is 10.1. The van der Waals surface area contributed by atoms with E-state index in [-0.39, 0.29) is 10.6 Å². The van der Waals surface area contributed by atoms with E-state index >= 15 is 0 Å². The maximum atomic E-state index is 13.2. The van der Waals surface area contributed by atoms with Gasteiger partial charge in [-0.2, -0.15) is 0 Å². The number of hydrogen-bond acceptors (Lipinski definition) is 1. The second-order valence-corrected chi connectivity index (χ2v) is 5.15. The van der Waals surface area contributed by atoms with Gasteiger partial charge in [0.1, 0.15) is 5.82 Å². The molecule has 106 valence electrons. The standard InChI is InChI=1S/C16H11ClFNO2/c17-13-8-10(4-5-14(13)18)9-19-7-6-11-2-1-3-12(15(11)19)16(20)21/h1-8H,9H2,(H,20,21). The van der Waals surface area contributed by atoms with Gasteiger partial charge in [-0.15, -0.1) is 0 Å². The van der Waals surface area contributed by atoms with Crippen LogP contribution in [0.25, 0.3) is 10.9 Å². The summed E-state index contributed by atoms with van der Waals surface area (Å²) in [5.41, 5.74) is 1.69. The van der Waals surface area contributed by atoms with Gasteiger partial charge in [0.15, 0.2) is 0 Å². The monoisotopic (exact) mass is 303 g/mol. The van der Waals surface area contributed by atoms with Crippen molar-refractivity contribution < 1.29 is 14.3 Å². The molecule has 0 spiro atoms. The molecule has 1 heterocycles. The van der Waals surface area contributed by atoms with E-state index in [2.05, 4.69) is 0 Å². The molecule has 0 amide bonds. The summed E-state index contributed by atoms with van der Waals surface area (Å²) < 4.78 is 15.0. The van der Waals surface area contributed by atoms with Crippen LogP contribution < -0.4 is 0 Å². The molecule has 21 heavy (non-hydrogen) atoms. The van der Waals surface area contributed by atoms with E-state index in [0.29, 0.717) is 12.1 Å². The first kappa shape index (κ1) is 13.6. The van der Waals surface area contributed by atoms with Gasteiger partial charge >= 0.3 is 5.97 Å². The molecule has 0 unspecified atom stereocenters. The molecule has 5 heteroatoms. The minimum absolute atomic E-state index is 0.0578. The molecule has 0 saturated carbocycles. The summed E-state index contributed by atoms with van der Waals surface area (Å²) in [6.45, 7) is 0.424. The Balaban J connectivity index is 2.08. The van der Waals surface area contributed by atoms with E-state index in [4.69, 9.17) is 11.6 Å². The minimum atomic E-state index is -0.974. The fourth-order valence-corrected chi connectivity index (χ4v) is 2.60. The highest BCUT2D eigenvalue weighted by molar-refractivity contribution is 6.30. The summed E-state index contributed by atoms with van der Waals surface area (Å²) in [6.07, 6.45) is 1.81. The van der Waals surface area contributed by atoms with Crippen molar-refractivity contribution in [2.45, 2.75) is 6.54 Å². The Morgan fingerprint density at radius 3 is 2.76 bits per heavy atom. The number of para-hydroxylation sites is 1. The summed E-state index contributed by atoms with van der Waals surface area (Å²) in [4.78, 5) is 11.3. The zero-order chi connectivity index (χ0) is 15.0. The van der Waals surface area contributed by atoms with Crippen LogP contribution in [-0.2, 0) is 6.54 Å². The maximum Gasteiger partial charge on any atom is 0.337 e. The first-order valence-electron chi connectivity index (χ1n) is 6.31. The average Bonchev–Trinajstić information content (AvgIpc) is 2.86. The zero-order valence-electron chi connectivity index (χ0n) is 10.9. The topological polar surface area (TPSA) is 42.2 Å². The predicted molar refractivity (Wildman–Crippen MR) is 79.4 cm³/mol. The number of aromatic nitrogens is 1. The van der Waals surface area contributed by atoms with Crippen LogP contribution in [0.15, 0.2) is 48.7 Å². The normalized spacial score (nSPS) is 11.0. The number of rotatable bonds is 3. The molecule has 0 fully saturated rings. The highest BCUT2D eigenvalue weighted by atomic mass is 35.5. The van der Waals surface area contributed by atoms with Crippen LogP contribution in [0, 0.1) is 5.82 Å². The number of aromatic carboxylic acids is 1. The SMILES string of the molecule is O=C(O)c1cccc2ccn(Cc3ccc(F)c(Cl)c3)c12. The fourth-order valence-electron chi connectivity index (χ4n) is 2.40. The van der Waals surface area contributed by atoms with E-state index in [1.54, 1.807) is 24.3 Å². The van der Waals surface area contributed by atoms with Crippen molar-refractivity contribution in [3.8, 4) is 0 Å². The molecule has 0 aliphatic carbocycles. The largest absolute Gasteiger partial charge is 0.478 e. The molecule has 0 atom stereocenters. The molecule has 0 aliphatic rings. The molecule has 0 aliphatic heterocycles. The summed E-state index contributed by atoms with van der Waals surface area (Å²) in [6, 6.07) is 11.5. The number of nitrogens with zero attached hydrogens (tertiary/aromatic N) is 1. The van der Waals surface area contributed by atoms with Crippen molar-refractivity contribution in [1.29, 1.82) is 0 Å². The van der Waals surface area contributed by atoms with Crippen LogP contribution in [0.5, 0.6) is 0 Å². The van der Waals surface area contributed by atoms with Gasteiger partial charge in [0.05, 0.1) is 16.1 Å². The molecule has 0 saturated heterocycles. The molecule has 3 aromatic rings. The molecule has 3 rings (SSSR count). The van der Waals surface area contributed by atoms with E-state index < -0.39 is 11.8 Å². The van der Waals surface area contributed by atoms with Gasteiger partial charge in [0.25, 0.3) is 0 Å². The quantitative estimate of drug-likeness (QED) is 0.788. The highest BCUT2D eigenvalue weighted by Crippen LogP contribution is 2.23. The Morgan fingerprint density at radius 1 is 1.24 bits per heavy atom. The number of fused-ring (bicyclic) bond motifs is 1. The van der Waals surface area contributed by atoms with Gasteiger partial charge in [0.2, 0.25) is 0 Å². The van der Waals surface area contributed by atoms with Gasteiger partial charge < -0.3 is 9.67 Å². The molecule has 1 N–H and O–H groups in total. The fraction of sp³-hybridized carbons (Fsp3) is 0.0625. The summed E-state index contributed by atoms with van der Waals surface area (Å²) in [7, 11) is 0. The number of benzene rings is 2. The predicted octanol–water partition coefficient (Wildman–Crippen LogP) is 4.18. The van der Waals surface area contributed by atoms with Crippen LogP contribution in [0.1, 0.15) is 15.9 Å². The second-order valence-electron chi connectivity index (χ2n) is 4.74. The molecule has 1 aromatic heterocycles. The van der Waals surface area contributed by atoms with Crippen LogP contribution in [0.3, 0.4) is 0 Å². The Labute approximate surface area is 125 Å². The molecule has 2 aromatic carbocycles. The van der Waals surface area contributed by atoms with Gasteiger partial charge in [0, 0.05) is 18.1 Å². The average molecular weight is 304 g/mol. The van der Waals surface area contributed by atoms with Crippen molar-refractivity contribution in [1.82, 2.24) is 4.57 Å². The maximum absolute atomic E-state index is 13.2. The van der Waals surface area contributed by atoms with Crippen molar-refractivity contribution in [3.63, 3.8) is 0 Å². The van der Waals surface area contributed by atoms with Gasteiger partial charge in [-0.1, -0.05) is 29.8 Å². The molecule has 0 radical (unpaired) electrons. The third-order valence-electron chi connectivity index (χ3n) is 3.36. The van der Waals surface area contributed by atoms with Crippen molar-refractivity contribution in [3.05, 3.63) is 70.6 Å². The summed E-state index contributed by atoms with van der Waals surface area (Å²) in [5.74, 6) is -1.44. The molecule has 3 nitrogen and oxygen atoms in total. The smallest absolute Gasteiger partial charge is 0.337 e. The number of carboxylic acids is 1. The number of carboxylic acid groups (broad SMARTS) is 1. The zero-order valence-corrected chi connectivity index (χ0v) is 11.6. The Kier molecular flexibility index (Phi) is 3.39. The first-order chi connectivity index (χ1) is 10.1. The van der Waals surface area contributed by atoms with E-state index in [0.717, 1.165) is 10.9 Å². The molecular weight excluding hydrogens is 293 g/mol. The highest BCUT2D eigenvalue weighted by Gasteiger charge is 2.12. The minimum Gasteiger partial charge on any atom is -0.478 e. The summed E-state index contributed by atoms with van der Waals surface area (Å²) in [5, 5.41) is 10.2. The Hall–Kier alpha value is -2.33. The molecule has 0 bridgehead atoms. The third kappa shape index (κ3) is 2.50. The lowest BCUT2D eigenvalue weighted by molar-refractivity contribution is 0.0698. The number of hydrogen-bond donors (Lipinski definition) is 1. The Morgan fingerprint density at radius 2 is 2.05 bits per heavy atom. The lowest BCUT2D eigenvalue weighted by Crippen LogP contribution is -2.04. The van der Waals surface area contributed by atoms with Gasteiger partial charge in [-0.3, -0.25) is 0 Å². The number of carbonyl (C=O) groups is 1. The first-order valence-corrected chi connectivity index (χ1v) is 6.69. The molecular formula is C16H11ClFNO2. The van der Waals surface area contributed by atoms with Crippen LogP contribution in [-0.4, -0.2) is 15.6 Å². The van der Waals surface area contributed by atoms with Crippen molar-refractivity contribution in [2.24, 2.45) is 0 Å². The van der Waals surface area contributed by atoms with Crippen molar-refractivity contribution >= 4 is 28.5 Å². The van der Waals surface area contributed by atoms with Crippen molar-refractivity contribution in [2.75, 3.05) is 0 Å². The van der Waals surface area contributed by atoms with Crippen LogP contribution in [0.4, 0.5) is 4.39 Å². The van der Waals surface area contributed by atoms with Crippen LogP contribution in [0.2, 0.25) is 5.02 Å². The van der Waals surface area contributed by atoms with E-state index in [9.17, 15) is 14.3 Å². The lowest BCUT2D eigenvalue weighted by Gasteiger charge is -2.08. The van der Waals surface area contributed by atoms with Crippen LogP contribution >= 0.6 is 11.6 Å². The Bertz CT molecular complexity index is 841.